The van der Waals surface area contributed by atoms with Crippen molar-refractivity contribution >= 4 is 11.8 Å². The Labute approximate surface area is 158 Å². The van der Waals surface area contributed by atoms with E-state index < -0.39 is 0 Å². The largest absolute Gasteiger partial charge is 0.494 e. The minimum Gasteiger partial charge on any atom is -0.494 e. The molecule has 0 amide bonds. The third-order valence-corrected chi connectivity index (χ3v) is 6.10. The minimum absolute atomic E-state index is 0.109. The number of ether oxygens (including phenoxy) is 1. The highest BCUT2D eigenvalue weighted by atomic mass is 32.2. The molecule has 1 aliphatic heterocycles. The number of hydrogen-bond acceptors (Lipinski definition) is 2. The second kappa shape index (κ2) is 7.16. The van der Waals surface area contributed by atoms with Gasteiger partial charge in [0.1, 0.15) is 11.6 Å². The molecule has 0 aromatic heterocycles. The summed E-state index contributed by atoms with van der Waals surface area (Å²) in [4.78, 5) is 2.65. The van der Waals surface area contributed by atoms with E-state index in [1.807, 2.05) is 24.8 Å². The lowest BCUT2D eigenvalue weighted by molar-refractivity contribution is 0.337. The Morgan fingerprint density at radius 2 is 1.77 bits per heavy atom. The maximum atomic E-state index is 14.0. The van der Waals surface area contributed by atoms with Crippen LogP contribution in [-0.2, 0) is 6.42 Å². The molecule has 0 N–H and O–H groups in total. The van der Waals surface area contributed by atoms with E-state index in [0.717, 1.165) is 12.0 Å². The summed E-state index contributed by atoms with van der Waals surface area (Å²) in [6.07, 6.45) is 0.951. The van der Waals surface area contributed by atoms with Crippen molar-refractivity contribution in [3.8, 4) is 5.75 Å². The van der Waals surface area contributed by atoms with Crippen LogP contribution in [0.2, 0.25) is 0 Å². The number of halogens is 1. The zero-order valence-corrected chi connectivity index (χ0v) is 15.8. The number of hydrogen-bond donors (Lipinski definition) is 0. The molecule has 1 heterocycles. The average molecular weight is 364 g/mol. The highest BCUT2D eigenvalue weighted by Crippen LogP contribution is 2.41. The van der Waals surface area contributed by atoms with E-state index in [-0.39, 0.29) is 11.7 Å². The quantitative estimate of drug-likeness (QED) is 0.412. The maximum absolute atomic E-state index is 14.0. The van der Waals surface area contributed by atoms with Gasteiger partial charge in [0.05, 0.1) is 6.61 Å². The van der Waals surface area contributed by atoms with Gasteiger partial charge in [-0.3, -0.25) is 0 Å². The number of benzene rings is 3. The van der Waals surface area contributed by atoms with Crippen LogP contribution in [0, 0.1) is 5.82 Å². The summed E-state index contributed by atoms with van der Waals surface area (Å²) >= 11 is 1.83. The molecule has 1 unspecified atom stereocenters. The summed E-state index contributed by atoms with van der Waals surface area (Å²) in [7, 11) is 0. The van der Waals surface area contributed by atoms with Gasteiger partial charge in [0, 0.05) is 21.8 Å². The zero-order valence-electron chi connectivity index (χ0n) is 15.0. The molecule has 1 atom stereocenters. The van der Waals surface area contributed by atoms with E-state index in [9.17, 15) is 4.39 Å². The third-order valence-electron chi connectivity index (χ3n) is 4.86. The van der Waals surface area contributed by atoms with Gasteiger partial charge in [-0.15, -0.1) is 0 Å². The van der Waals surface area contributed by atoms with Crippen molar-refractivity contribution in [3.05, 3.63) is 88.7 Å². The van der Waals surface area contributed by atoms with Crippen molar-refractivity contribution in [2.45, 2.75) is 36.0 Å². The van der Waals surface area contributed by atoms with Crippen molar-refractivity contribution in [1.29, 1.82) is 0 Å². The Kier molecular flexibility index (Phi) is 4.73. The SMILES string of the molecule is CCOc1cc(F)cc(C(C)c2ccc3c(c2)Cc2ccccc2S3)c1. The first-order chi connectivity index (χ1) is 12.6. The molecule has 4 rings (SSSR count). The van der Waals surface area contributed by atoms with Crippen LogP contribution in [0.3, 0.4) is 0 Å². The van der Waals surface area contributed by atoms with Gasteiger partial charge in [-0.25, -0.2) is 4.39 Å². The van der Waals surface area contributed by atoms with Gasteiger partial charge in [0.2, 0.25) is 0 Å². The lowest BCUT2D eigenvalue weighted by atomic mass is 9.90. The first-order valence-electron chi connectivity index (χ1n) is 8.96. The van der Waals surface area contributed by atoms with Crippen molar-refractivity contribution in [2.75, 3.05) is 6.61 Å². The minimum atomic E-state index is -0.250. The highest BCUT2D eigenvalue weighted by Gasteiger charge is 2.18. The van der Waals surface area contributed by atoms with Crippen LogP contribution in [0.5, 0.6) is 5.75 Å². The summed E-state index contributed by atoms with van der Waals surface area (Å²) in [5, 5.41) is 0. The normalized spacial score (nSPS) is 13.7. The predicted molar refractivity (Wildman–Crippen MR) is 105 cm³/mol. The fraction of sp³-hybridized carbons (Fsp3) is 0.217. The van der Waals surface area contributed by atoms with E-state index in [1.54, 1.807) is 6.07 Å². The highest BCUT2D eigenvalue weighted by molar-refractivity contribution is 7.99. The molecule has 0 spiro atoms. The van der Waals surface area contributed by atoms with E-state index in [0.29, 0.717) is 12.4 Å². The molecule has 0 saturated heterocycles. The van der Waals surface area contributed by atoms with Crippen LogP contribution in [0.4, 0.5) is 4.39 Å². The fourth-order valence-electron chi connectivity index (χ4n) is 3.46. The molecule has 3 heteroatoms. The van der Waals surface area contributed by atoms with Gasteiger partial charge in [0.25, 0.3) is 0 Å². The molecule has 0 bridgehead atoms. The van der Waals surface area contributed by atoms with E-state index >= 15 is 0 Å². The molecule has 26 heavy (non-hydrogen) atoms. The summed E-state index contributed by atoms with van der Waals surface area (Å²) in [6.45, 7) is 4.57. The van der Waals surface area contributed by atoms with E-state index in [2.05, 4.69) is 49.4 Å². The molecule has 1 nitrogen and oxygen atoms in total. The van der Waals surface area contributed by atoms with Crippen LogP contribution < -0.4 is 4.74 Å². The summed E-state index contributed by atoms with van der Waals surface area (Å²) in [5.41, 5.74) is 4.87. The smallest absolute Gasteiger partial charge is 0.127 e. The Bertz CT molecular complexity index is 951. The van der Waals surface area contributed by atoms with Crippen LogP contribution >= 0.6 is 11.8 Å². The molecule has 3 aromatic carbocycles. The molecule has 0 saturated carbocycles. The second-order valence-corrected chi connectivity index (χ2v) is 7.71. The van der Waals surface area contributed by atoms with Crippen LogP contribution in [0.15, 0.2) is 70.5 Å². The molecule has 1 aliphatic rings. The van der Waals surface area contributed by atoms with Crippen molar-refractivity contribution < 1.29 is 9.13 Å². The standard InChI is InChI=1S/C23H21FOS/c1-3-25-21-13-18(12-20(24)14-21)15(2)16-8-9-23-19(10-16)11-17-6-4-5-7-22(17)26-23/h4-10,12-15H,3,11H2,1-2H3. The maximum Gasteiger partial charge on any atom is 0.127 e. The lowest BCUT2D eigenvalue weighted by Crippen LogP contribution is -2.03. The molecule has 3 aromatic rings. The molecular weight excluding hydrogens is 343 g/mol. The summed E-state index contributed by atoms with van der Waals surface area (Å²) < 4.78 is 19.5. The lowest BCUT2D eigenvalue weighted by Gasteiger charge is -2.21. The Morgan fingerprint density at radius 3 is 2.62 bits per heavy atom. The molecule has 0 aliphatic carbocycles. The number of rotatable bonds is 4. The van der Waals surface area contributed by atoms with Crippen molar-refractivity contribution in [1.82, 2.24) is 0 Å². The van der Waals surface area contributed by atoms with Crippen molar-refractivity contribution in [3.63, 3.8) is 0 Å². The Balaban J connectivity index is 1.65. The number of fused-ring (bicyclic) bond motifs is 2. The van der Waals surface area contributed by atoms with Crippen LogP contribution in [0.25, 0.3) is 0 Å². The summed E-state index contributed by atoms with van der Waals surface area (Å²) in [5.74, 6) is 0.453. The Hall–Kier alpha value is -2.26. The van der Waals surface area contributed by atoms with Crippen LogP contribution in [0.1, 0.15) is 42.0 Å². The third kappa shape index (κ3) is 3.36. The van der Waals surface area contributed by atoms with Gasteiger partial charge in [-0.2, -0.15) is 0 Å². The first kappa shape index (κ1) is 17.2. The van der Waals surface area contributed by atoms with E-state index in [4.69, 9.17) is 4.74 Å². The first-order valence-corrected chi connectivity index (χ1v) is 9.77. The van der Waals surface area contributed by atoms with Gasteiger partial charge < -0.3 is 4.74 Å². The summed E-state index contributed by atoms with van der Waals surface area (Å²) in [6, 6.07) is 20.2. The molecular formula is C23H21FOS. The second-order valence-electron chi connectivity index (χ2n) is 6.63. The monoisotopic (exact) mass is 364 g/mol. The zero-order chi connectivity index (χ0) is 18.1. The molecule has 0 radical (unpaired) electrons. The van der Waals surface area contributed by atoms with Crippen molar-refractivity contribution in [2.24, 2.45) is 0 Å². The van der Waals surface area contributed by atoms with Gasteiger partial charge in [-0.05, 0) is 59.9 Å². The van der Waals surface area contributed by atoms with Crippen LogP contribution in [-0.4, -0.2) is 6.61 Å². The molecule has 0 fully saturated rings. The van der Waals surface area contributed by atoms with E-state index in [1.165, 1.54) is 32.5 Å². The average Bonchev–Trinajstić information content (AvgIpc) is 2.65. The fourth-order valence-corrected chi connectivity index (χ4v) is 4.51. The Morgan fingerprint density at radius 1 is 0.962 bits per heavy atom. The predicted octanol–water partition coefficient (Wildman–Crippen LogP) is 6.43. The van der Waals surface area contributed by atoms with Gasteiger partial charge in [0.15, 0.2) is 0 Å². The van der Waals surface area contributed by atoms with Gasteiger partial charge in [-0.1, -0.05) is 49.0 Å². The topological polar surface area (TPSA) is 9.23 Å². The molecule has 132 valence electrons. The van der Waals surface area contributed by atoms with Gasteiger partial charge >= 0.3 is 0 Å².